The number of nitrogens with zero attached hydrogens (tertiary/aromatic N) is 4. The van der Waals surface area contributed by atoms with E-state index in [4.69, 9.17) is 4.74 Å². The quantitative estimate of drug-likeness (QED) is 0.238. The van der Waals surface area contributed by atoms with Crippen LogP contribution in [0.3, 0.4) is 0 Å². The molecule has 0 radical (unpaired) electrons. The molecule has 2 fully saturated rings. The number of hydrogen-bond acceptors (Lipinski definition) is 5. The number of likely N-dealkylation sites (tertiary alicyclic amines) is 1. The van der Waals surface area contributed by atoms with E-state index in [1.165, 1.54) is 38.4 Å². The van der Waals surface area contributed by atoms with Crippen LogP contribution in [-0.4, -0.2) is 45.9 Å². The van der Waals surface area contributed by atoms with Gasteiger partial charge < -0.3 is 19.5 Å². The lowest BCUT2D eigenvalue weighted by Crippen LogP contribution is -2.31. The minimum absolute atomic E-state index is 0.411. The third kappa shape index (κ3) is 4.66. The highest BCUT2D eigenvalue weighted by atomic mass is 79.9. The van der Waals surface area contributed by atoms with Crippen molar-refractivity contribution in [2.24, 2.45) is 0 Å². The summed E-state index contributed by atoms with van der Waals surface area (Å²) in [7, 11) is 0. The van der Waals surface area contributed by atoms with Crippen LogP contribution in [0, 0.1) is 11.6 Å². The highest BCUT2D eigenvalue weighted by molar-refractivity contribution is 9.10. The van der Waals surface area contributed by atoms with Crippen LogP contribution in [0.25, 0.3) is 21.8 Å². The number of anilines is 2. The summed E-state index contributed by atoms with van der Waals surface area (Å²) in [5.74, 6) is -0.514. The Morgan fingerprint density at radius 1 is 1.03 bits per heavy atom. The smallest absolute Gasteiger partial charge is 0.163 e. The van der Waals surface area contributed by atoms with Crippen LogP contribution in [0.4, 0.5) is 20.3 Å². The van der Waals surface area contributed by atoms with Crippen LogP contribution in [0.15, 0.2) is 41.0 Å². The summed E-state index contributed by atoms with van der Waals surface area (Å²) in [4.78, 5) is 2.52. The van der Waals surface area contributed by atoms with Crippen molar-refractivity contribution in [3.63, 3.8) is 0 Å². The first-order valence-electron chi connectivity index (χ1n) is 12.6. The average Bonchev–Trinajstić information content (AvgIpc) is 3.67. The number of piperidine rings is 1. The van der Waals surface area contributed by atoms with Gasteiger partial charge in [-0.3, -0.25) is 0 Å². The van der Waals surface area contributed by atoms with Gasteiger partial charge in [-0.15, -0.1) is 5.10 Å². The Bertz CT molecular complexity index is 1410. The molecule has 36 heavy (non-hydrogen) atoms. The Morgan fingerprint density at radius 3 is 2.64 bits per heavy atom. The first-order chi connectivity index (χ1) is 17.6. The summed E-state index contributed by atoms with van der Waals surface area (Å²) in [6.45, 7) is 4.07. The number of aromatic nitrogens is 3. The molecule has 0 spiro atoms. The van der Waals surface area contributed by atoms with Crippen molar-refractivity contribution in [3.05, 3.63) is 52.6 Å². The molecule has 1 aliphatic heterocycles. The number of hydrogen-bond donors (Lipinski definition) is 1. The van der Waals surface area contributed by atoms with E-state index in [1.54, 1.807) is 6.20 Å². The van der Waals surface area contributed by atoms with E-state index < -0.39 is 11.6 Å². The first kappa shape index (κ1) is 23.6. The van der Waals surface area contributed by atoms with E-state index in [0.717, 1.165) is 70.0 Å². The van der Waals surface area contributed by atoms with Gasteiger partial charge in [0.1, 0.15) is 5.75 Å². The molecule has 0 bridgehead atoms. The number of ether oxygens (including phenoxy) is 1. The average molecular weight is 556 g/mol. The molecule has 1 aliphatic carbocycles. The van der Waals surface area contributed by atoms with Crippen molar-refractivity contribution >= 4 is 49.2 Å². The van der Waals surface area contributed by atoms with E-state index in [0.29, 0.717) is 24.2 Å². The van der Waals surface area contributed by atoms with Gasteiger partial charge in [0.05, 0.1) is 33.7 Å². The monoisotopic (exact) mass is 555 g/mol. The molecule has 2 aromatic heterocycles. The van der Waals surface area contributed by atoms with E-state index in [1.807, 2.05) is 0 Å². The number of nitrogens with one attached hydrogen (secondary N) is 1. The molecule has 9 heteroatoms. The summed E-state index contributed by atoms with van der Waals surface area (Å²) in [6, 6.07) is 8.30. The molecule has 6 rings (SSSR count). The lowest BCUT2D eigenvalue weighted by molar-refractivity contribution is 0.204. The fourth-order valence-electron chi connectivity index (χ4n) is 5.19. The summed E-state index contributed by atoms with van der Waals surface area (Å²) in [6.07, 6.45) is 8.89. The molecule has 0 amide bonds. The fourth-order valence-corrected chi connectivity index (χ4v) is 5.63. The predicted molar refractivity (Wildman–Crippen MR) is 141 cm³/mol. The van der Waals surface area contributed by atoms with Gasteiger partial charge in [0.15, 0.2) is 17.5 Å². The van der Waals surface area contributed by atoms with E-state index >= 15 is 0 Å². The van der Waals surface area contributed by atoms with Gasteiger partial charge >= 0.3 is 0 Å². The predicted octanol–water partition coefficient (Wildman–Crippen LogP) is 6.96. The molecule has 188 valence electrons. The number of rotatable bonds is 8. The zero-order valence-electron chi connectivity index (χ0n) is 19.9. The van der Waals surface area contributed by atoms with Crippen LogP contribution in [0.5, 0.6) is 5.75 Å². The number of halogens is 3. The van der Waals surface area contributed by atoms with Crippen molar-refractivity contribution in [1.82, 2.24) is 19.7 Å². The summed E-state index contributed by atoms with van der Waals surface area (Å²) >= 11 is 3.72. The molecule has 1 saturated carbocycles. The Hall–Kier alpha value is -2.78. The minimum Gasteiger partial charge on any atom is -0.492 e. The van der Waals surface area contributed by atoms with Gasteiger partial charge in [0, 0.05) is 29.7 Å². The van der Waals surface area contributed by atoms with Gasteiger partial charge in [-0.05, 0) is 85.4 Å². The van der Waals surface area contributed by atoms with Crippen LogP contribution in [0.2, 0.25) is 0 Å². The van der Waals surface area contributed by atoms with Gasteiger partial charge in [-0.1, -0.05) is 6.42 Å². The summed E-state index contributed by atoms with van der Waals surface area (Å²) < 4.78 is 36.8. The second-order valence-electron chi connectivity index (χ2n) is 9.71. The van der Waals surface area contributed by atoms with Gasteiger partial charge in [-0.25, -0.2) is 8.78 Å². The third-order valence-corrected chi connectivity index (χ3v) is 7.71. The van der Waals surface area contributed by atoms with Crippen LogP contribution in [-0.2, 0) is 0 Å². The molecule has 1 N–H and O–H groups in total. The largest absolute Gasteiger partial charge is 0.492 e. The summed E-state index contributed by atoms with van der Waals surface area (Å²) in [5, 5.41) is 13.6. The second kappa shape index (κ2) is 9.94. The van der Waals surface area contributed by atoms with Gasteiger partial charge in [-0.2, -0.15) is 5.10 Å². The van der Waals surface area contributed by atoms with Crippen LogP contribution in [0.1, 0.15) is 44.6 Å². The van der Waals surface area contributed by atoms with Crippen LogP contribution < -0.4 is 10.1 Å². The Balaban J connectivity index is 1.33. The molecule has 2 aliphatic rings. The topological polar surface area (TPSA) is 55.2 Å². The molecular weight excluding hydrogens is 528 g/mol. The maximum Gasteiger partial charge on any atom is 0.163 e. The molecule has 1 saturated heterocycles. The number of fused-ring (bicyclic) bond motifs is 3. The summed E-state index contributed by atoms with van der Waals surface area (Å²) in [5.41, 5.74) is 2.44. The lowest BCUT2D eigenvalue weighted by atomic mass is 10.1. The molecule has 0 unspecified atom stereocenters. The van der Waals surface area contributed by atoms with Crippen molar-refractivity contribution in [1.29, 1.82) is 0 Å². The normalized spacial score (nSPS) is 16.6. The van der Waals surface area contributed by atoms with Crippen molar-refractivity contribution < 1.29 is 13.5 Å². The van der Waals surface area contributed by atoms with Crippen molar-refractivity contribution in [2.45, 2.75) is 44.6 Å². The lowest BCUT2D eigenvalue weighted by Gasteiger charge is -2.26. The Kier molecular flexibility index (Phi) is 6.52. The zero-order valence-corrected chi connectivity index (χ0v) is 21.5. The number of benzene rings is 2. The first-order valence-corrected chi connectivity index (χ1v) is 13.4. The van der Waals surface area contributed by atoms with E-state index in [-0.39, 0.29) is 0 Å². The maximum absolute atomic E-state index is 13.9. The van der Waals surface area contributed by atoms with Crippen molar-refractivity contribution in [3.8, 4) is 5.75 Å². The van der Waals surface area contributed by atoms with Gasteiger partial charge in [0.2, 0.25) is 0 Å². The van der Waals surface area contributed by atoms with E-state index in [9.17, 15) is 8.78 Å². The molecule has 6 nitrogen and oxygen atoms in total. The molecule has 2 aromatic carbocycles. The standard InChI is InChI=1S/C27H28BrF2N5O/c28-20-15-23-19(14-25(20)36-12-4-11-34-9-2-1-3-10-34)26-24(35(23)18-6-7-18)16-31-33-27(26)32-17-5-8-21(29)22(30)13-17/h5,8,13-16,18H,1-4,6-7,9-12H2,(H,32,33). The van der Waals surface area contributed by atoms with E-state index in [2.05, 4.69) is 53.0 Å². The van der Waals surface area contributed by atoms with Crippen molar-refractivity contribution in [2.75, 3.05) is 31.6 Å². The molecule has 0 atom stereocenters. The zero-order chi connectivity index (χ0) is 24.6. The fraction of sp³-hybridized carbons (Fsp3) is 0.407. The highest BCUT2D eigenvalue weighted by Gasteiger charge is 2.29. The minimum atomic E-state index is -0.912. The third-order valence-electron chi connectivity index (χ3n) is 7.09. The molecule has 3 heterocycles. The molecule has 4 aromatic rings. The van der Waals surface area contributed by atoms with Crippen LogP contribution >= 0.6 is 15.9 Å². The Labute approximate surface area is 216 Å². The Morgan fingerprint density at radius 2 is 1.86 bits per heavy atom. The molecular formula is C27H28BrF2N5O. The second-order valence-corrected chi connectivity index (χ2v) is 10.6. The maximum atomic E-state index is 13.9. The van der Waals surface area contributed by atoms with Gasteiger partial charge in [0.25, 0.3) is 0 Å². The SMILES string of the molecule is Fc1ccc(Nc2nncc3c2c2cc(OCCCN4CCCCC4)c(Br)cc2n3C2CC2)cc1F. The highest BCUT2D eigenvalue weighted by Crippen LogP contribution is 2.46.